The molecule has 1 saturated heterocycles. The molecule has 0 aliphatic carbocycles. The van der Waals surface area contributed by atoms with Gasteiger partial charge in [-0.3, -0.25) is 24.2 Å². The summed E-state index contributed by atoms with van der Waals surface area (Å²) < 4.78 is 26.1. The highest BCUT2D eigenvalue weighted by Gasteiger charge is 2.70. The number of fused-ring (bicyclic) bond motifs is 1. The highest BCUT2D eigenvalue weighted by molar-refractivity contribution is 6.03. The topological polar surface area (TPSA) is 230 Å². The Morgan fingerprint density at radius 3 is 2.33 bits per heavy atom. The Morgan fingerprint density at radius 2 is 1.71 bits per heavy atom. The SMILES string of the molecule is CNC(=O)C(O)(N1Cc2c(OC(O)(O)c3cccc(CN4CCOCC4)c3F)cccc2C1=O)C(O)(O)C(O)(O)C=O. The zero-order valence-corrected chi connectivity index (χ0v) is 22.2. The molecular formula is C26H30FN3O12. The highest BCUT2D eigenvalue weighted by Crippen LogP contribution is 2.41. The fourth-order valence-corrected chi connectivity index (χ4v) is 4.81. The van der Waals surface area contributed by atoms with Crippen LogP contribution in [0.5, 0.6) is 5.75 Å². The monoisotopic (exact) mass is 595 g/mol. The first-order valence-corrected chi connectivity index (χ1v) is 12.6. The summed E-state index contributed by atoms with van der Waals surface area (Å²) in [4.78, 5) is 39.1. The van der Waals surface area contributed by atoms with Gasteiger partial charge in [-0.2, -0.15) is 0 Å². The van der Waals surface area contributed by atoms with Crippen LogP contribution in [0.1, 0.15) is 27.0 Å². The molecule has 2 heterocycles. The lowest BCUT2D eigenvalue weighted by molar-refractivity contribution is -0.398. The molecule has 2 aromatic rings. The molecule has 42 heavy (non-hydrogen) atoms. The zero-order valence-electron chi connectivity index (χ0n) is 22.2. The van der Waals surface area contributed by atoms with E-state index in [0.717, 1.165) is 25.2 Å². The van der Waals surface area contributed by atoms with Gasteiger partial charge in [-0.25, -0.2) is 4.39 Å². The number of nitrogens with zero attached hydrogens (tertiary/aromatic N) is 2. The smallest absolute Gasteiger partial charge is 0.354 e. The fourth-order valence-electron chi connectivity index (χ4n) is 4.81. The minimum absolute atomic E-state index is 0.105. The molecule has 15 nitrogen and oxygen atoms in total. The van der Waals surface area contributed by atoms with Gasteiger partial charge in [-0.05, 0) is 18.2 Å². The number of hydrogen-bond donors (Lipinski definition) is 8. The number of nitrogens with one attached hydrogen (secondary N) is 1. The molecule has 1 unspecified atom stereocenters. The molecule has 0 saturated carbocycles. The number of halogens is 1. The van der Waals surface area contributed by atoms with E-state index in [1.165, 1.54) is 18.2 Å². The quantitative estimate of drug-likeness (QED) is 0.1000. The Bertz CT molecular complexity index is 1380. The maximum absolute atomic E-state index is 15.5. The van der Waals surface area contributed by atoms with Crippen LogP contribution in [0.3, 0.4) is 0 Å². The van der Waals surface area contributed by atoms with Gasteiger partial charge in [0.1, 0.15) is 11.6 Å². The van der Waals surface area contributed by atoms with Crippen LogP contribution in [0, 0.1) is 5.82 Å². The number of carbonyl (C=O) groups is 3. The van der Waals surface area contributed by atoms with Crippen molar-refractivity contribution in [3.05, 3.63) is 64.5 Å². The van der Waals surface area contributed by atoms with Crippen molar-refractivity contribution < 1.29 is 64.0 Å². The Morgan fingerprint density at radius 1 is 1.07 bits per heavy atom. The molecular weight excluding hydrogens is 565 g/mol. The first kappa shape index (κ1) is 31.4. The number of carbonyl (C=O) groups excluding carboxylic acids is 3. The van der Waals surface area contributed by atoms with Crippen molar-refractivity contribution in [1.82, 2.24) is 15.1 Å². The maximum atomic E-state index is 15.5. The van der Waals surface area contributed by atoms with E-state index in [1.807, 2.05) is 10.2 Å². The van der Waals surface area contributed by atoms with Gasteiger partial charge in [-0.15, -0.1) is 0 Å². The molecule has 0 radical (unpaired) electrons. The number of aldehydes is 1. The Hall–Kier alpha value is -3.58. The standard InChI is InChI=1S/C26H30FN3O12/c1-28-22(33)24(36,26(39,40)23(34,35)14-31)30-13-17-16(21(30)32)5-3-7-19(17)42-25(37,38)18-6-2-4-15(20(18)27)12-29-8-10-41-11-9-29/h2-7,14,34-40H,8-13H2,1H3,(H,28,33). The largest absolute Gasteiger partial charge is 0.435 e. The number of hydrogen-bond acceptors (Lipinski definition) is 13. The molecule has 2 aromatic carbocycles. The molecule has 0 bridgehead atoms. The number of amides is 2. The molecule has 4 rings (SSSR count). The predicted molar refractivity (Wildman–Crippen MR) is 135 cm³/mol. The molecule has 16 heteroatoms. The van der Waals surface area contributed by atoms with Gasteiger partial charge >= 0.3 is 5.97 Å². The van der Waals surface area contributed by atoms with Crippen LogP contribution in [-0.4, -0.2) is 114 Å². The fraction of sp³-hybridized carbons (Fsp3) is 0.423. The summed E-state index contributed by atoms with van der Waals surface area (Å²) in [5, 5.41) is 75.3. The lowest BCUT2D eigenvalue weighted by Gasteiger charge is -2.46. The Balaban J connectivity index is 1.68. The van der Waals surface area contributed by atoms with Crippen LogP contribution in [-0.2, 0) is 33.4 Å². The van der Waals surface area contributed by atoms with Crippen LogP contribution in [0.25, 0.3) is 0 Å². The van der Waals surface area contributed by atoms with E-state index >= 15 is 4.39 Å². The molecule has 0 aromatic heterocycles. The Labute approximate surface area is 237 Å². The van der Waals surface area contributed by atoms with E-state index in [9.17, 15) is 50.1 Å². The van der Waals surface area contributed by atoms with Gasteiger partial charge in [0.2, 0.25) is 0 Å². The van der Waals surface area contributed by atoms with Crippen molar-refractivity contribution in [3.63, 3.8) is 0 Å². The lowest BCUT2D eigenvalue weighted by atomic mass is 9.91. The molecule has 2 aliphatic rings. The van der Waals surface area contributed by atoms with Gasteiger partial charge in [0, 0.05) is 43.4 Å². The summed E-state index contributed by atoms with van der Waals surface area (Å²) in [6.07, 6.45) is -0.781. The van der Waals surface area contributed by atoms with Gasteiger partial charge in [0.25, 0.3) is 29.1 Å². The number of aliphatic hydroxyl groups is 7. The predicted octanol–water partition coefficient (Wildman–Crippen LogP) is -3.22. The Kier molecular flexibility index (Phi) is 8.40. The van der Waals surface area contributed by atoms with E-state index in [4.69, 9.17) is 9.47 Å². The van der Waals surface area contributed by atoms with Crippen molar-refractivity contribution in [2.75, 3.05) is 33.4 Å². The van der Waals surface area contributed by atoms with Crippen molar-refractivity contribution in [1.29, 1.82) is 0 Å². The number of ether oxygens (including phenoxy) is 2. The number of morpholine rings is 1. The molecule has 228 valence electrons. The minimum atomic E-state index is -4.39. The first-order valence-electron chi connectivity index (χ1n) is 12.6. The van der Waals surface area contributed by atoms with Crippen LogP contribution in [0.2, 0.25) is 0 Å². The first-order chi connectivity index (χ1) is 19.6. The van der Waals surface area contributed by atoms with Crippen molar-refractivity contribution >= 4 is 18.1 Å². The van der Waals surface area contributed by atoms with Gasteiger partial charge < -0.3 is 50.5 Å². The summed E-state index contributed by atoms with van der Waals surface area (Å²) in [6.45, 7) is 1.22. The van der Waals surface area contributed by atoms with E-state index in [2.05, 4.69) is 0 Å². The van der Waals surface area contributed by atoms with Crippen molar-refractivity contribution in [3.8, 4) is 5.75 Å². The summed E-state index contributed by atoms with van der Waals surface area (Å²) in [7, 11) is 0.913. The third kappa shape index (κ3) is 5.13. The molecule has 1 atom stereocenters. The second-order valence-corrected chi connectivity index (χ2v) is 9.82. The van der Waals surface area contributed by atoms with E-state index < -0.39 is 65.0 Å². The summed E-state index contributed by atoms with van der Waals surface area (Å²) in [5.41, 5.74) is -5.03. The molecule has 2 amide bonds. The van der Waals surface area contributed by atoms with E-state index in [0.29, 0.717) is 26.3 Å². The number of benzene rings is 2. The number of likely N-dealkylation sites (N-methyl/N-ethyl adjacent to an activating group) is 1. The minimum Gasteiger partial charge on any atom is -0.435 e. The van der Waals surface area contributed by atoms with Crippen molar-refractivity contribution in [2.45, 2.75) is 36.4 Å². The molecule has 0 spiro atoms. The number of rotatable bonds is 10. The molecule has 8 N–H and O–H groups in total. The average Bonchev–Trinajstić information content (AvgIpc) is 3.30. The zero-order chi connectivity index (χ0) is 31.1. The maximum Gasteiger partial charge on any atom is 0.354 e. The van der Waals surface area contributed by atoms with Crippen LogP contribution in [0.15, 0.2) is 36.4 Å². The van der Waals surface area contributed by atoms with Crippen LogP contribution >= 0.6 is 0 Å². The van der Waals surface area contributed by atoms with Crippen LogP contribution < -0.4 is 10.1 Å². The second-order valence-electron chi connectivity index (χ2n) is 9.82. The van der Waals surface area contributed by atoms with Gasteiger partial charge in [-0.1, -0.05) is 18.2 Å². The normalized spacial score (nSPS) is 17.9. The van der Waals surface area contributed by atoms with Crippen molar-refractivity contribution in [2.24, 2.45) is 0 Å². The summed E-state index contributed by atoms with van der Waals surface area (Å²) in [6, 6.07) is 7.40. The second kappa shape index (κ2) is 11.3. The van der Waals surface area contributed by atoms with Gasteiger partial charge in [0.15, 0.2) is 6.29 Å². The average molecular weight is 596 g/mol. The van der Waals surface area contributed by atoms with Crippen LogP contribution in [0.4, 0.5) is 4.39 Å². The lowest BCUT2D eigenvalue weighted by Crippen LogP contribution is -2.78. The molecule has 2 aliphatic heterocycles. The summed E-state index contributed by atoms with van der Waals surface area (Å²) in [5.74, 6) is -16.3. The highest BCUT2D eigenvalue weighted by atomic mass is 19.1. The third-order valence-electron chi connectivity index (χ3n) is 7.20. The van der Waals surface area contributed by atoms with Gasteiger partial charge in [0.05, 0.1) is 25.3 Å². The molecule has 1 fully saturated rings. The van der Waals surface area contributed by atoms with E-state index in [1.54, 1.807) is 0 Å². The van der Waals surface area contributed by atoms with E-state index in [-0.39, 0.29) is 28.1 Å². The summed E-state index contributed by atoms with van der Waals surface area (Å²) >= 11 is 0. The third-order valence-corrected chi connectivity index (χ3v) is 7.20.